The fourth-order valence-electron chi connectivity index (χ4n) is 2.98. The number of allylic oxidation sites excluding steroid dienone is 8. The highest BCUT2D eigenvalue weighted by atomic mass is 127. The molecule has 1 aliphatic heterocycles. The molecule has 0 saturated heterocycles. The zero-order valence-electron chi connectivity index (χ0n) is 17.0. The van der Waals surface area contributed by atoms with E-state index >= 15 is 0 Å². The quantitative estimate of drug-likeness (QED) is 0.483. The Morgan fingerprint density at radius 2 is 1.66 bits per heavy atom. The van der Waals surface area contributed by atoms with Crippen molar-refractivity contribution in [3.05, 3.63) is 83.4 Å². The number of anilines is 1. The van der Waals surface area contributed by atoms with Gasteiger partial charge in [-0.3, -0.25) is 4.79 Å². The highest BCUT2D eigenvalue weighted by Gasteiger charge is 2.18. The summed E-state index contributed by atoms with van der Waals surface area (Å²) in [6.45, 7) is 0. The third-order valence-corrected chi connectivity index (χ3v) is 4.55. The molecule has 1 aromatic carbocycles. The molecule has 6 heteroatoms. The van der Waals surface area contributed by atoms with Crippen molar-refractivity contribution in [2.45, 2.75) is 6.42 Å². The summed E-state index contributed by atoms with van der Waals surface area (Å²) in [5, 5.41) is 9.21. The standard InChI is InChI=1S/C23H24N2O3.HI/c1-24(2)19-9-5-16(6-10-19)18-13-21(15-23(26)27)28-22(14-18)17-7-11-20(12-8-17)25(3)4;/h5-14H,15H2,1-4H3;1H. The van der Waals surface area contributed by atoms with Crippen LogP contribution in [0.25, 0.3) is 5.57 Å². The Bertz CT molecular complexity index is 956. The second-order valence-electron chi connectivity index (χ2n) is 7.13. The number of carboxylic acid groups (broad SMARTS) is 1. The van der Waals surface area contributed by atoms with Gasteiger partial charge in [0.15, 0.2) is 5.71 Å². The molecule has 152 valence electrons. The second kappa shape index (κ2) is 9.73. The third kappa shape index (κ3) is 5.69. The molecule has 5 nitrogen and oxygen atoms in total. The Kier molecular flexibility index (Phi) is 7.61. The van der Waals surface area contributed by atoms with E-state index in [1.54, 1.807) is 6.08 Å². The van der Waals surface area contributed by atoms with Gasteiger partial charge >= 0.3 is 5.97 Å². The van der Waals surface area contributed by atoms with Gasteiger partial charge in [0.05, 0.1) is 0 Å². The van der Waals surface area contributed by atoms with Crippen molar-refractivity contribution in [2.24, 2.45) is 0 Å². The molecular weight excluding hydrogens is 479 g/mol. The van der Waals surface area contributed by atoms with E-state index in [1.807, 2.05) is 92.3 Å². The first-order valence-corrected chi connectivity index (χ1v) is 9.08. The summed E-state index contributed by atoms with van der Waals surface area (Å²) in [6, 6.07) is 8.16. The minimum absolute atomic E-state index is 0. The molecule has 1 heterocycles. The Balaban J connectivity index is 0.00000300. The second-order valence-corrected chi connectivity index (χ2v) is 7.13. The fourth-order valence-corrected chi connectivity index (χ4v) is 2.98. The van der Waals surface area contributed by atoms with Crippen LogP contribution in [-0.4, -0.2) is 49.6 Å². The lowest BCUT2D eigenvalue weighted by molar-refractivity contribution is -0.462. The van der Waals surface area contributed by atoms with Gasteiger partial charge < -0.3 is 38.7 Å². The van der Waals surface area contributed by atoms with Crippen LogP contribution in [0.3, 0.4) is 0 Å². The molecule has 1 aliphatic carbocycles. The van der Waals surface area contributed by atoms with Crippen LogP contribution in [0.2, 0.25) is 0 Å². The molecule has 29 heavy (non-hydrogen) atoms. The molecule has 1 N–H and O–H groups in total. The number of benzene rings is 1. The molecule has 0 saturated carbocycles. The molecule has 0 aromatic heterocycles. The number of ether oxygens (including phenoxy) is 1. The molecule has 1 aromatic rings. The van der Waals surface area contributed by atoms with Gasteiger partial charge in [-0.25, -0.2) is 4.58 Å². The van der Waals surface area contributed by atoms with Gasteiger partial charge in [0.1, 0.15) is 32.0 Å². The average molecular weight is 504 g/mol. The molecule has 3 rings (SSSR count). The average Bonchev–Trinajstić information content (AvgIpc) is 2.67. The Morgan fingerprint density at radius 3 is 2.17 bits per heavy atom. The number of carboxylic acids is 1. The largest absolute Gasteiger partial charge is 1.00 e. The highest BCUT2D eigenvalue weighted by molar-refractivity contribution is 6.02. The summed E-state index contributed by atoms with van der Waals surface area (Å²) in [5.74, 6) is 0.155. The molecular formula is C23H25IN2O3. The summed E-state index contributed by atoms with van der Waals surface area (Å²) in [4.78, 5) is 13.3. The van der Waals surface area contributed by atoms with E-state index < -0.39 is 5.97 Å². The number of rotatable bonds is 4. The fraction of sp³-hybridized carbons (Fsp3) is 0.217. The van der Waals surface area contributed by atoms with Crippen molar-refractivity contribution in [1.82, 2.24) is 0 Å². The predicted molar refractivity (Wildman–Crippen MR) is 113 cm³/mol. The smallest absolute Gasteiger partial charge is 0.311 e. The van der Waals surface area contributed by atoms with Crippen LogP contribution in [0.15, 0.2) is 77.8 Å². The van der Waals surface area contributed by atoms with Gasteiger partial charge in [-0.1, -0.05) is 12.1 Å². The molecule has 0 unspecified atom stereocenters. The molecule has 0 amide bonds. The summed E-state index contributed by atoms with van der Waals surface area (Å²) in [5.41, 5.74) is 5.04. The van der Waals surface area contributed by atoms with Gasteiger partial charge in [-0.05, 0) is 47.6 Å². The van der Waals surface area contributed by atoms with Crippen LogP contribution in [-0.2, 0) is 9.53 Å². The zero-order valence-corrected chi connectivity index (χ0v) is 19.2. The number of halogens is 1. The van der Waals surface area contributed by atoms with Crippen LogP contribution in [0.4, 0.5) is 5.69 Å². The van der Waals surface area contributed by atoms with E-state index in [4.69, 9.17) is 4.74 Å². The predicted octanol–water partition coefficient (Wildman–Crippen LogP) is 0.622. The van der Waals surface area contributed by atoms with Crippen LogP contribution in [0.1, 0.15) is 12.0 Å². The summed E-state index contributed by atoms with van der Waals surface area (Å²) in [7, 11) is 7.97. The van der Waals surface area contributed by atoms with Gasteiger partial charge in [0, 0.05) is 37.5 Å². The number of hydrogen-bond donors (Lipinski definition) is 1. The van der Waals surface area contributed by atoms with Crippen molar-refractivity contribution in [2.75, 3.05) is 33.1 Å². The molecule has 0 atom stereocenters. The molecule has 0 radical (unpaired) electrons. The maximum atomic E-state index is 11.2. The Labute approximate surface area is 188 Å². The maximum Gasteiger partial charge on any atom is 0.311 e. The SMILES string of the molecule is CN(C)c1ccc(C2=CC(=C3C=CC(=[N+](C)C)C=C3)OC(CC(=O)O)=C2)cc1.[I-]. The minimum Gasteiger partial charge on any atom is -1.00 e. The summed E-state index contributed by atoms with van der Waals surface area (Å²) < 4.78 is 7.92. The third-order valence-electron chi connectivity index (χ3n) is 4.55. The van der Waals surface area contributed by atoms with Crippen LogP contribution in [0.5, 0.6) is 0 Å². The lowest BCUT2D eigenvalue weighted by atomic mass is 9.99. The first-order chi connectivity index (χ1) is 13.3. The first kappa shape index (κ1) is 22.7. The van der Waals surface area contributed by atoms with Crippen LogP contribution < -0.4 is 28.9 Å². The van der Waals surface area contributed by atoms with E-state index in [-0.39, 0.29) is 30.4 Å². The topological polar surface area (TPSA) is 52.8 Å². The lowest BCUT2D eigenvalue weighted by Gasteiger charge is -2.20. The molecule has 0 bridgehead atoms. The normalized spacial score (nSPS) is 15.2. The van der Waals surface area contributed by atoms with E-state index in [2.05, 4.69) is 0 Å². The zero-order chi connectivity index (χ0) is 20.3. The number of nitrogens with zero attached hydrogens (tertiary/aromatic N) is 2. The monoisotopic (exact) mass is 504 g/mol. The van der Waals surface area contributed by atoms with Gasteiger partial charge in [0.2, 0.25) is 0 Å². The Hall–Kier alpha value is -2.61. The molecule has 0 spiro atoms. The summed E-state index contributed by atoms with van der Waals surface area (Å²) >= 11 is 0. The first-order valence-electron chi connectivity index (χ1n) is 9.08. The van der Waals surface area contributed by atoms with E-state index in [0.29, 0.717) is 11.5 Å². The summed E-state index contributed by atoms with van der Waals surface area (Å²) in [6.07, 6.45) is 11.6. The lowest BCUT2D eigenvalue weighted by Crippen LogP contribution is -3.00. The van der Waals surface area contributed by atoms with Crippen molar-refractivity contribution in [3.63, 3.8) is 0 Å². The number of hydrogen-bond acceptors (Lipinski definition) is 3. The number of carbonyl (C=O) groups is 1. The number of aliphatic carboxylic acids is 1. The van der Waals surface area contributed by atoms with Crippen molar-refractivity contribution >= 4 is 22.9 Å². The highest BCUT2D eigenvalue weighted by Crippen LogP contribution is 2.31. The van der Waals surface area contributed by atoms with E-state index in [1.165, 1.54) is 0 Å². The van der Waals surface area contributed by atoms with Crippen LogP contribution >= 0.6 is 0 Å². The van der Waals surface area contributed by atoms with Gasteiger partial charge in [0.25, 0.3) is 0 Å². The minimum atomic E-state index is -0.919. The van der Waals surface area contributed by atoms with Gasteiger partial charge in [-0.15, -0.1) is 0 Å². The van der Waals surface area contributed by atoms with E-state index in [0.717, 1.165) is 28.1 Å². The molecule has 2 aliphatic rings. The van der Waals surface area contributed by atoms with Crippen molar-refractivity contribution in [3.8, 4) is 0 Å². The van der Waals surface area contributed by atoms with Crippen molar-refractivity contribution in [1.29, 1.82) is 0 Å². The van der Waals surface area contributed by atoms with Crippen LogP contribution in [0, 0.1) is 0 Å². The van der Waals surface area contributed by atoms with Gasteiger partial charge in [-0.2, -0.15) is 0 Å². The van der Waals surface area contributed by atoms with Crippen molar-refractivity contribution < 1.29 is 43.2 Å². The molecule has 0 fully saturated rings. The maximum absolute atomic E-state index is 11.2. The Morgan fingerprint density at radius 1 is 1.03 bits per heavy atom. The van der Waals surface area contributed by atoms with E-state index in [9.17, 15) is 9.90 Å².